The summed E-state index contributed by atoms with van der Waals surface area (Å²) in [4.78, 5) is 25.2. The van der Waals surface area contributed by atoms with E-state index < -0.39 is 0 Å². The van der Waals surface area contributed by atoms with E-state index in [4.69, 9.17) is 4.74 Å². The molecule has 0 fully saturated rings. The lowest BCUT2D eigenvalue weighted by molar-refractivity contribution is -0.120. The van der Waals surface area contributed by atoms with E-state index in [-0.39, 0.29) is 18.4 Å². The van der Waals surface area contributed by atoms with Gasteiger partial charge in [-0.15, -0.1) is 11.8 Å². The van der Waals surface area contributed by atoms with Crippen LogP contribution in [0.5, 0.6) is 5.75 Å². The Balaban J connectivity index is 1.59. The Labute approximate surface area is 171 Å². The number of thioether (sulfide) groups is 1. The molecule has 0 aromatic heterocycles. The molecule has 0 bridgehead atoms. The van der Waals surface area contributed by atoms with Crippen LogP contribution in [0.15, 0.2) is 59.5 Å². The van der Waals surface area contributed by atoms with Crippen molar-refractivity contribution in [3.05, 3.63) is 60.2 Å². The summed E-state index contributed by atoms with van der Waals surface area (Å²) in [6.07, 6.45) is 2.95. The number of amides is 2. The highest BCUT2D eigenvalue weighted by atomic mass is 32.2. The third-order valence-electron chi connectivity index (χ3n) is 3.95. The van der Waals surface area contributed by atoms with Crippen LogP contribution in [0.25, 0.3) is 0 Å². The summed E-state index contributed by atoms with van der Waals surface area (Å²) in [7, 11) is 0. The van der Waals surface area contributed by atoms with E-state index in [2.05, 4.69) is 29.7 Å². The number of hydrogen-bond acceptors (Lipinski definition) is 4. The van der Waals surface area contributed by atoms with Gasteiger partial charge >= 0.3 is 0 Å². The van der Waals surface area contributed by atoms with E-state index in [1.54, 1.807) is 36.0 Å². The van der Waals surface area contributed by atoms with Gasteiger partial charge in [-0.3, -0.25) is 9.59 Å². The monoisotopic (exact) mass is 400 g/mol. The fraction of sp³-hybridized carbons (Fsp3) is 0.364. The summed E-state index contributed by atoms with van der Waals surface area (Å²) >= 11 is 1.76. The Morgan fingerprint density at radius 1 is 0.964 bits per heavy atom. The van der Waals surface area contributed by atoms with E-state index >= 15 is 0 Å². The summed E-state index contributed by atoms with van der Waals surface area (Å²) in [5.74, 6) is 1.23. The second kappa shape index (κ2) is 12.8. The average Bonchev–Trinajstić information content (AvgIpc) is 2.73. The number of nitrogens with one attached hydrogen (secondary N) is 2. The predicted octanol–water partition coefficient (Wildman–Crippen LogP) is 3.89. The molecule has 2 aromatic rings. The number of rotatable bonds is 12. The van der Waals surface area contributed by atoms with Crippen LogP contribution in [0.2, 0.25) is 0 Å². The van der Waals surface area contributed by atoms with Gasteiger partial charge in [0.05, 0.1) is 13.2 Å². The van der Waals surface area contributed by atoms with E-state index in [0.29, 0.717) is 18.7 Å². The Morgan fingerprint density at radius 3 is 2.43 bits per heavy atom. The van der Waals surface area contributed by atoms with Gasteiger partial charge in [0.1, 0.15) is 5.75 Å². The van der Waals surface area contributed by atoms with Gasteiger partial charge in [0.25, 0.3) is 5.91 Å². The summed E-state index contributed by atoms with van der Waals surface area (Å²) in [5, 5.41) is 5.47. The van der Waals surface area contributed by atoms with Crippen LogP contribution in [0.1, 0.15) is 36.5 Å². The van der Waals surface area contributed by atoms with Crippen molar-refractivity contribution in [1.82, 2.24) is 10.6 Å². The zero-order valence-corrected chi connectivity index (χ0v) is 17.1. The highest BCUT2D eigenvalue weighted by Gasteiger charge is 2.08. The number of carbonyl (C=O) groups is 2. The van der Waals surface area contributed by atoms with Crippen molar-refractivity contribution >= 4 is 23.6 Å². The maximum atomic E-state index is 12.1. The van der Waals surface area contributed by atoms with Crippen LogP contribution in [-0.4, -0.2) is 37.3 Å². The molecule has 0 aliphatic carbocycles. The summed E-state index contributed by atoms with van der Waals surface area (Å²) in [6.45, 7) is 3.35. The van der Waals surface area contributed by atoms with Gasteiger partial charge in [-0.1, -0.05) is 31.5 Å². The van der Waals surface area contributed by atoms with E-state index in [9.17, 15) is 9.59 Å². The summed E-state index contributed by atoms with van der Waals surface area (Å²) < 4.78 is 5.57. The van der Waals surface area contributed by atoms with Gasteiger partial charge in [-0.05, 0) is 55.0 Å². The minimum atomic E-state index is -0.269. The van der Waals surface area contributed by atoms with E-state index in [0.717, 1.165) is 30.8 Å². The van der Waals surface area contributed by atoms with Crippen molar-refractivity contribution in [3.63, 3.8) is 0 Å². The Morgan fingerprint density at radius 2 is 1.71 bits per heavy atom. The Bertz CT molecular complexity index is 720. The van der Waals surface area contributed by atoms with Crippen LogP contribution >= 0.6 is 11.8 Å². The zero-order chi connectivity index (χ0) is 20.0. The van der Waals surface area contributed by atoms with Crippen molar-refractivity contribution in [2.45, 2.75) is 31.1 Å². The van der Waals surface area contributed by atoms with Crippen molar-refractivity contribution in [2.24, 2.45) is 0 Å². The first-order valence-electron chi connectivity index (χ1n) is 9.64. The number of hydrogen-bond donors (Lipinski definition) is 2. The molecule has 0 aliphatic rings. The molecule has 2 rings (SSSR count). The molecular formula is C22H28N2O3S. The van der Waals surface area contributed by atoms with Gasteiger partial charge in [-0.25, -0.2) is 0 Å². The van der Waals surface area contributed by atoms with Crippen LogP contribution in [0.4, 0.5) is 0 Å². The first-order chi connectivity index (χ1) is 13.7. The first kappa shape index (κ1) is 21.8. The quantitative estimate of drug-likeness (QED) is 0.419. The number of ether oxygens (including phenoxy) is 1. The van der Waals surface area contributed by atoms with Crippen LogP contribution in [0.3, 0.4) is 0 Å². The van der Waals surface area contributed by atoms with Crippen molar-refractivity contribution in [1.29, 1.82) is 0 Å². The second-order valence-electron chi connectivity index (χ2n) is 6.27. The lowest BCUT2D eigenvalue weighted by atomic mass is 10.2. The molecule has 2 aromatic carbocycles. The van der Waals surface area contributed by atoms with Gasteiger partial charge in [0.2, 0.25) is 5.91 Å². The molecular weight excluding hydrogens is 372 g/mol. The SMILES string of the molecule is CCCCOc1ccc(C(=O)NCC(=O)NCCCSc2ccccc2)cc1. The number of benzene rings is 2. The van der Waals surface area contributed by atoms with Crippen molar-refractivity contribution in [2.75, 3.05) is 25.4 Å². The molecule has 6 heteroatoms. The van der Waals surface area contributed by atoms with Crippen LogP contribution in [0, 0.1) is 0 Å². The molecule has 2 amide bonds. The highest BCUT2D eigenvalue weighted by molar-refractivity contribution is 7.99. The lowest BCUT2D eigenvalue weighted by Gasteiger charge is -2.08. The van der Waals surface area contributed by atoms with Gasteiger partial charge in [-0.2, -0.15) is 0 Å². The molecule has 0 unspecified atom stereocenters. The second-order valence-corrected chi connectivity index (χ2v) is 7.44. The molecule has 0 saturated heterocycles. The van der Waals surface area contributed by atoms with Crippen molar-refractivity contribution in [3.8, 4) is 5.75 Å². The predicted molar refractivity (Wildman–Crippen MR) is 114 cm³/mol. The first-order valence-corrected chi connectivity index (χ1v) is 10.6. The molecule has 0 spiro atoms. The number of unbranched alkanes of at least 4 members (excludes halogenated alkanes) is 1. The largest absolute Gasteiger partial charge is 0.494 e. The third-order valence-corrected chi connectivity index (χ3v) is 5.05. The van der Waals surface area contributed by atoms with Crippen molar-refractivity contribution < 1.29 is 14.3 Å². The lowest BCUT2D eigenvalue weighted by Crippen LogP contribution is -2.37. The van der Waals surface area contributed by atoms with Gasteiger partial charge in [0, 0.05) is 17.0 Å². The fourth-order valence-corrected chi connectivity index (χ4v) is 3.24. The standard InChI is InChI=1S/C22H28N2O3S/c1-2-3-15-27-19-12-10-18(11-13-19)22(26)24-17-21(25)23-14-7-16-28-20-8-5-4-6-9-20/h4-6,8-13H,2-3,7,14-17H2,1H3,(H,23,25)(H,24,26). The van der Waals surface area contributed by atoms with E-state index in [1.165, 1.54) is 4.90 Å². The zero-order valence-electron chi connectivity index (χ0n) is 16.3. The minimum Gasteiger partial charge on any atom is -0.494 e. The molecule has 0 atom stereocenters. The van der Waals surface area contributed by atoms with Gasteiger partial charge in [0.15, 0.2) is 0 Å². The van der Waals surface area contributed by atoms with Gasteiger partial charge < -0.3 is 15.4 Å². The minimum absolute atomic E-state index is 0.0284. The summed E-state index contributed by atoms with van der Waals surface area (Å²) in [6, 6.07) is 17.1. The molecule has 0 saturated carbocycles. The summed E-state index contributed by atoms with van der Waals surface area (Å²) in [5.41, 5.74) is 0.509. The Hall–Kier alpha value is -2.47. The molecule has 5 nitrogen and oxygen atoms in total. The topological polar surface area (TPSA) is 67.4 Å². The molecule has 150 valence electrons. The maximum absolute atomic E-state index is 12.1. The fourth-order valence-electron chi connectivity index (χ4n) is 2.37. The maximum Gasteiger partial charge on any atom is 0.251 e. The highest BCUT2D eigenvalue weighted by Crippen LogP contribution is 2.17. The Kier molecular flexibility index (Phi) is 10.0. The van der Waals surface area contributed by atoms with Crippen LogP contribution < -0.4 is 15.4 Å². The van der Waals surface area contributed by atoms with Crippen LogP contribution in [-0.2, 0) is 4.79 Å². The third kappa shape index (κ3) is 8.48. The molecule has 0 aliphatic heterocycles. The molecule has 2 N–H and O–H groups in total. The number of carbonyl (C=O) groups excluding carboxylic acids is 2. The normalized spacial score (nSPS) is 10.3. The molecule has 0 radical (unpaired) electrons. The smallest absolute Gasteiger partial charge is 0.251 e. The average molecular weight is 401 g/mol. The van der Waals surface area contributed by atoms with E-state index in [1.807, 2.05) is 18.2 Å². The molecule has 0 heterocycles. The molecule has 28 heavy (non-hydrogen) atoms.